The van der Waals surface area contributed by atoms with Crippen LogP contribution < -0.4 is 9.62 Å². The summed E-state index contributed by atoms with van der Waals surface area (Å²) in [7, 11) is -3.10. The summed E-state index contributed by atoms with van der Waals surface area (Å²) in [6.45, 7) is 2.73. The first-order valence-electron chi connectivity index (χ1n) is 9.08. The molecule has 1 spiro atoms. The molecule has 3 aliphatic rings. The Hall–Kier alpha value is -1.78. The lowest BCUT2D eigenvalue weighted by atomic mass is 9.83. The van der Waals surface area contributed by atoms with E-state index in [1.165, 1.54) is 0 Å². The number of sulfonamides is 1. The zero-order valence-electron chi connectivity index (χ0n) is 14.4. The van der Waals surface area contributed by atoms with Gasteiger partial charge in [-0.1, -0.05) is 0 Å². The van der Waals surface area contributed by atoms with Gasteiger partial charge in [-0.25, -0.2) is 13.1 Å². The molecule has 1 saturated carbocycles. The molecule has 2 aromatic rings. The van der Waals surface area contributed by atoms with Crippen molar-refractivity contribution in [3.8, 4) is 0 Å². The van der Waals surface area contributed by atoms with Crippen LogP contribution in [0.1, 0.15) is 25.7 Å². The largest absolute Gasteiger partial charge is 0.371 e. The molecule has 140 valence electrons. The summed E-state index contributed by atoms with van der Waals surface area (Å²) in [5.74, 6) is 1.15. The third kappa shape index (κ3) is 2.95. The van der Waals surface area contributed by atoms with Crippen LogP contribution in [0.3, 0.4) is 0 Å². The molecule has 1 atom stereocenters. The van der Waals surface area contributed by atoms with Gasteiger partial charge >= 0.3 is 0 Å². The Bertz CT molecular complexity index is 909. The van der Waals surface area contributed by atoms with Gasteiger partial charge in [0, 0.05) is 6.54 Å². The Balaban J connectivity index is 1.14. The number of hydrogen-bond acceptors (Lipinski definition) is 7. The lowest BCUT2D eigenvalue weighted by Gasteiger charge is -2.53. The Kier molecular flexibility index (Phi) is 3.70. The summed E-state index contributed by atoms with van der Waals surface area (Å²) in [5.41, 5.74) is 0.616. The predicted molar refractivity (Wildman–Crippen MR) is 94.3 cm³/mol. The van der Waals surface area contributed by atoms with Crippen LogP contribution in [0.5, 0.6) is 0 Å². The van der Waals surface area contributed by atoms with Gasteiger partial charge in [0.05, 0.1) is 24.9 Å². The lowest BCUT2D eigenvalue weighted by Crippen LogP contribution is -2.65. The molecule has 0 aromatic carbocycles. The molecule has 0 amide bonds. The summed E-state index contributed by atoms with van der Waals surface area (Å²) in [6.07, 6.45) is 5.13. The summed E-state index contributed by atoms with van der Waals surface area (Å²) in [4.78, 5) is 2.19. The zero-order chi connectivity index (χ0) is 17.8. The molecule has 0 radical (unpaired) electrons. The van der Waals surface area contributed by atoms with E-state index in [0.29, 0.717) is 13.2 Å². The van der Waals surface area contributed by atoms with E-state index in [0.717, 1.165) is 50.2 Å². The van der Waals surface area contributed by atoms with E-state index in [1.54, 1.807) is 10.8 Å². The fraction of sp³-hybridized carbons (Fsp3) is 0.688. The maximum atomic E-state index is 11.9. The number of fused-ring (bicyclic) bond motifs is 1. The second-order valence-electron chi connectivity index (χ2n) is 7.67. The molecule has 2 saturated heterocycles. The van der Waals surface area contributed by atoms with Gasteiger partial charge < -0.3 is 9.64 Å². The number of anilines is 1. The van der Waals surface area contributed by atoms with Crippen LogP contribution in [0, 0.1) is 5.92 Å². The average molecular weight is 378 g/mol. The lowest BCUT2D eigenvalue weighted by molar-refractivity contribution is -0.114. The number of hydrogen-bond donors (Lipinski definition) is 1. The maximum Gasteiger partial charge on any atom is 0.214 e. The van der Waals surface area contributed by atoms with E-state index in [2.05, 4.69) is 24.9 Å². The molecule has 9 nitrogen and oxygen atoms in total. The number of rotatable bonds is 5. The molecule has 0 bridgehead atoms. The zero-order valence-corrected chi connectivity index (χ0v) is 15.2. The van der Waals surface area contributed by atoms with Crippen LogP contribution in [-0.2, 0) is 14.8 Å². The maximum absolute atomic E-state index is 11.9. The fourth-order valence-corrected chi connectivity index (χ4v) is 5.22. The number of aromatic nitrogens is 4. The molecular weight excluding hydrogens is 356 g/mol. The van der Waals surface area contributed by atoms with Crippen LogP contribution in [-0.4, -0.2) is 65.3 Å². The molecular formula is C16H22N6O3S. The van der Waals surface area contributed by atoms with E-state index in [-0.39, 0.29) is 16.8 Å². The van der Waals surface area contributed by atoms with Gasteiger partial charge in [-0.05, 0) is 43.7 Å². The quantitative estimate of drug-likeness (QED) is 0.792. The van der Waals surface area contributed by atoms with Crippen molar-refractivity contribution >= 4 is 21.5 Å². The fourth-order valence-electron chi connectivity index (χ4n) is 3.76. The molecule has 5 rings (SSSR count). The first-order chi connectivity index (χ1) is 12.5. The second-order valence-corrected chi connectivity index (χ2v) is 9.72. The minimum Gasteiger partial charge on any atom is -0.371 e. The van der Waals surface area contributed by atoms with Gasteiger partial charge in [-0.3, -0.25) is 0 Å². The highest BCUT2D eigenvalue weighted by Crippen LogP contribution is 2.38. The molecule has 3 fully saturated rings. The van der Waals surface area contributed by atoms with Crippen LogP contribution in [0.2, 0.25) is 0 Å². The van der Waals surface area contributed by atoms with Crippen molar-refractivity contribution in [3.05, 3.63) is 18.5 Å². The van der Waals surface area contributed by atoms with Crippen molar-refractivity contribution < 1.29 is 13.2 Å². The standard InChI is InChI=1S/C16H22N6O3S/c23-26(24,13-1-2-13)18-7-12-5-6-16(25-8-12)9-21(10-16)15-4-3-14-19-17-11-22(14)20-15/h3-4,11-13,18H,1-2,5-10H2. The molecule has 1 aliphatic carbocycles. The smallest absolute Gasteiger partial charge is 0.214 e. The highest BCUT2D eigenvalue weighted by atomic mass is 32.2. The van der Waals surface area contributed by atoms with Crippen molar-refractivity contribution in [1.82, 2.24) is 24.5 Å². The SMILES string of the molecule is O=S(=O)(NCC1CCC2(CN(c3ccc4nncn4n3)C2)OC1)C1CC1. The van der Waals surface area contributed by atoms with E-state index in [1.807, 2.05) is 12.1 Å². The summed E-state index contributed by atoms with van der Waals surface area (Å²) < 4.78 is 34.4. The van der Waals surface area contributed by atoms with E-state index < -0.39 is 10.0 Å². The first kappa shape index (κ1) is 16.4. The van der Waals surface area contributed by atoms with Gasteiger partial charge in [-0.15, -0.1) is 15.3 Å². The minimum absolute atomic E-state index is 0.115. The van der Waals surface area contributed by atoms with Gasteiger partial charge in [-0.2, -0.15) is 4.52 Å². The van der Waals surface area contributed by atoms with Gasteiger partial charge in [0.25, 0.3) is 0 Å². The summed E-state index contributed by atoms with van der Waals surface area (Å²) in [6, 6.07) is 3.86. The average Bonchev–Trinajstić information content (AvgIpc) is 3.38. The monoisotopic (exact) mass is 378 g/mol. The summed E-state index contributed by atoms with van der Waals surface area (Å²) in [5, 5.41) is 12.2. The third-order valence-corrected chi connectivity index (χ3v) is 7.52. The van der Waals surface area contributed by atoms with Gasteiger partial charge in [0.15, 0.2) is 5.65 Å². The van der Waals surface area contributed by atoms with E-state index in [4.69, 9.17) is 4.74 Å². The predicted octanol–water partition coefficient (Wildman–Crippen LogP) is 0.192. The third-order valence-electron chi connectivity index (χ3n) is 5.60. The molecule has 10 heteroatoms. The van der Waals surface area contributed by atoms with Crippen molar-refractivity contribution in [2.75, 3.05) is 31.1 Å². The minimum atomic E-state index is -3.10. The van der Waals surface area contributed by atoms with Gasteiger partial charge in [0.2, 0.25) is 10.0 Å². The highest BCUT2D eigenvalue weighted by Gasteiger charge is 2.47. The Morgan fingerprint density at radius 2 is 2.12 bits per heavy atom. The molecule has 1 unspecified atom stereocenters. The van der Waals surface area contributed by atoms with E-state index >= 15 is 0 Å². The van der Waals surface area contributed by atoms with Crippen molar-refractivity contribution in [3.63, 3.8) is 0 Å². The molecule has 26 heavy (non-hydrogen) atoms. The second kappa shape index (κ2) is 5.86. The van der Waals surface area contributed by atoms with Crippen LogP contribution in [0.15, 0.2) is 18.5 Å². The number of ether oxygens (including phenoxy) is 1. The van der Waals surface area contributed by atoms with Crippen molar-refractivity contribution in [1.29, 1.82) is 0 Å². The molecule has 2 aromatic heterocycles. The van der Waals surface area contributed by atoms with Crippen LogP contribution >= 0.6 is 0 Å². The Labute approximate surface area is 151 Å². The highest BCUT2D eigenvalue weighted by molar-refractivity contribution is 7.90. The van der Waals surface area contributed by atoms with Crippen LogP contribution in [0.4, 0.5) is 5.82 Å². The number of nitrogens with zero attached hydrogens (tertiary/aromatic N) is 5. The Morgan fingerprint density at radius 3 is 2.85 bits per heavy atom. The summed E-state index contributed by atoms with van der Waals surface area (Å²) >= 11 is 0. The van der Waals surface area contributed by atoms with Crippen molar-refractivity contribution in [2.24, 2.45) is 5.92 Å². The van der Waals surface area contributed by atoms with Crippen LogP contribution in [0.25, 0.3) is 5.65 Å². The van der Waals surface area contributed by atoms with E-state index in [9.17, 15) is 8.42 Å². The normalized spacial score (nSPS) is 25.5. The van der Waals surface area contributed by atoms with Crippen molar-refractivity contribution in [2.45, 2.75) is 36.5 Å². The first-order valence-corrected chi connectivity index (χ1v) is 10.6. The molecule has 4 heterocycles. The molecule has 1 N–H and O–H groups in total. The molecule has 2 aliphatic heterocycles. The number of nitrogens with one attached hydrogen (secondary N) is 1. The topological polar surface area (TPSA) is 102 Å². The van der Waals surface area contributed by atoms with Gasteiger partial charge in [0.1, 0.15) is 17.7 Å². The Morgan fingerprint density at radius 1 is 1.27 bits per heavy atom.